The molecule has 3 rings (SSSR count). The number of fused-ring (bicyclic) bond motifs is 3. The monoisotopic (exact) mass is 247 g/mol. The van der Waals surface area contributed by atoms with E-state index in [4.69, 9.17) is 0 Å². The van der Waals surface area contributed by atoms with Crippen molar-refractivity contribution in [2.24, 2.45) is 0 Å². The fourth-order valence-electron chi connectivity index (χ4n) is 3.16. The van der Waals surface area contributed by atoms with Gasteiger partial charge in [-0.15, -0.1) is 0 Å². The SMILES string of the molecule is Cc1ccc2c(c1[N+](=O)[O-])CC[C@@H]1CNCCN21. The van der Waals surface area contributed by atoms with Crippen LogP contribution >= 0.6 is 0 Å². The number of nitrogens with one attached hydrogen (secondary N) is 1. The largest absolute Gasteiger partial charge is 0.366 e. The van der Waals surface area contributed by atoms with Crippen molar-refractivity contribution in [1.29, 1.82) is 0 Å². The molecule has 0 bridgehead atoms. The third-order valence-corrected chi connectivity index (χ3v) is 4.03. The Labute approximate surface area is 106 Å². The van der Waals surface area contributed by atoms with E-state index in [1.54, 1.807) is 0 Å². The first-order valence-corrected chi connectivity index (χ1v) is 6.42. The number of piperazine rings is 1. The van der Waals surface area contributed by atoms with E-state index in [1.807, 2.05) is 13.0 Å². The number of aryl methyl sites for hydroxylation is 1. The minimum atomic E-state index is -0.226. The van der Waals surface area contributed by atoms with Crippen molar-refractivity contribution >= 4 is 11.4 Å². The minimum Gasteiger partial charge on any atom is -0.366 e. The van der Waals surface area contributed by atoms with Crippen LogP contribution < -0.4 is 10.2 Å². The first-order chi connectivity index (χ1) is 8.68. The smallest absolute Gasteiger partial charge is 0.277 e. The molecule has 1 aromatic carbocycles. The van der Waals surface area contributed by atoms with Gasteiger partial charge in [-0.1, -0.05) is 6.07 Å². The van der Waals surface area contributed by atoms with Crippen LogP contribution in [-0.4, -0.2) is 30.6 Å². The van der Waals surface area contributed by atoms with Crippen molar-refractivity contribution < 1.29 is 4.92 Å². The van der Waals surface area contributed by atoms with Crippen LogP contribution in [0, 0.1) is 17.0 Å². The van der Waals surface area contributed by atoms with Crippen LogP contribution in [0.2, 0.25) is 0 Å². The van der Waals surface area contributed by atoms with Gasteiger partial charge in [-0.3, -0.25) is 10.1 Å². The van der Waals surface area contributed by atoms with Crippen LogP contribution in [0.3, 0.4) is 0 Å². The average Bonchev–Trinajstić information content (AvgIpc) is 2.37. The zero-order valence-electron chi connectivity index (χ0n) is 10.5. The van der Waals surface area contributed by atoms with Crippen LogP contribution in [0.25, 0.3) is 0 Å². The zero-order chi connectivity index (χ0) is 12.7. The molecular formula is C13H17N3O2. The second kappa shape index (κ2) is 4.24. The van der Waals surface area contributed by atoms with E-state index in [-0.39, 0.29) is 4.92 Å². The van der Waals surface area contributed by atoms with Crippen molar-refractivity contribution in [3.05, 3.63) is 33.4 Å². The maximum absolute atomic E-state index is 11.2. The molecule has 96 valence electrons. The van der Waals surface area contributed by atoms with Gasteiger partial charge in [-0.05, 0) is 25.8 Å². The summed E-state index contributed by atoms with van der Waals surface area (Å²) in [6.45, 7) is 4.71. The molecule has 2 heterocycles. The summed E-state index contributed by atoms with van der Waals surface area (Å²) in [5, 5.41) is 14.6. The van der Waals surface area contributed by atoms with E-state index in [2.05, 4.69) is 16.3 Å². The van der Waals surface area contributed by atoms with Crippen LogP contribution in [0.15, 0.2) is 12.1 Å². The van der Waals surface area contributed by atoms with E-state index in [9.17, 15) is 10.1 Å². The Balaban J connectivity index is 2.10. The molecule has 2 aliphatic rings. The molecule has 2 aliphatic heterocycles. The lowest BCUT2D eigenvalue weighted by Crippen LogP contribution is -2.53. The molecule has 0 spiro atoms. The van der Waals surface area contributed by atoms with Crippen LogP contribution in [0.4, 0.5) is 11.4 Å². The van der Waals surface area contributed by atoms with Crippen LogP contribution in [-0.2, 0) is 6.42 Å². The lowest BCUT2D eigenvalue weighted by atomic mass is 9.91. The zero-order valence-corrected chi connectivity index (χ0v) is 10.5. The van der Waals surface area contributed by atoms with Gasteiger partial charge < -0.3 is 10.2 Å². The summed E-state index contributed by atoms with van der Waals surface area (Å²) in [5.74, 6) is 0. The van der Waals surface area contributed by atoms with E-state index in [0.29, 0.717) is 11.7 Å². The van der Waals surface area contributed by atoms with Gasteiger partial charge in [0, 0.05) is 36.9 Å². The van der Waals surface area contributed by atoms with Crippen molar-refractivity contribution in [3.8, 4) is 0 Å². The fraction of sp³-hybridized carbons (Fsp3) is 0.538. The second-order valence-corrected chi connectivity index (χ2v) is 5.08. The summed E-state index contributed by atoms with van der Waals surface area (Å²) < 4.78 is 0. The first-order valence-electron chi connectivity index (χ1n) is 6.42. The highest BCUT2D eigenvalue weighted by Crippen LogP contribution is 2.38. The first kappa shape index (κ1) is 11.5. The number of hydrogen-bond donors (Lipinski definition) is 1. The Morgan fingerprint density at radius 2 is 2.33 bits per heavy atom. The van der Waals surface area contributed by atoms with Gasteiger partial charge in [0.2, 0.25) is 0 Å². The normalized spacial score (nSPS) is 22.3. The van der Waals surface area contributed by atoms with Crippen LogP contribution in [0.1, 0.15) is 17.5 Å². The Morgan fingerprint density at radius 1 is 1.50 bits per heavy atom. The van der Waals surface area contributed by atoms with Crippen molar-refractivity contribution in [2.75, 3.05) is 24.5 Å². The molecule has 0 radical (unpaired) electrons. The minimum absolute atomic E-state index is 0.226. The quantitative estimate of drug-likeness (QED) is 0.605. The second-order valence-electron chi connectivity index (χ2n) is 5.08. The van der Waals surface area contributed by atoms with Gasteiger partial charge in [0.05, 0.1) is 10.5 Å². The Hall–Kier alpha value is -1.62. The Morgan fingerprint density at radius 3 is 3.11 bits per heavy atom. The number of anilines is 1. The summed E-state index contributed by atoms with van der Waals surface area (Å²) in [5.41, 5.74) is 3.10. The molecule has 0 saturated carbocycles. The Kier molecular flexibility index (Phi) is 2.70. The summed E-state index contributed by atoms with van der Waals surface area (Å²) >= 11 is 0. The van der Waals surface area contributed by atoms with Gasteiger partial charge >= 0.3 is 0 Å². The maximum Gasteiger partial charge on any atom is 0.277 e. The number of nitro benzene ring substituents is 1. The maximum atomic E-state index is 11.2. The number of rotatable bonds is 1. The van der Waals surface area contributed by atoms with Crippen LogP contribution in [0.5, 0.6) is 0 Å². The molecule has 0 unspecified atom stereocenters. The topological polar surface area (TPSA) is 58.4 Å². The van der Waals surface area contributed by atoms with Crippen molar-refractivity contribution in [2.45, 2.75) is 25.8 Å². The standard InChI is InChI=1S/C13H17N3O2/c1-9-2-5-12-11(13(9)16(17)18)4-3-10-8-14-6-7-15(10)12/h2,5,10,14H,3-4,6-8H2,1H3/t10-/m1/s1. The summed E-state index contributed by atoms with van der Waals surface area (Å²) in [7, 11) is 0. The predicted molar refractivity (Wildman–Crippen MR) is 70.2 cm³/mol. The number of nitrogens with zero attached hydrogens (tertiary/aromatic N) is 2. The lowest BCUT2D eigenvalue weighted by molar-refractivity contribution is -0.386. The highest BCUT2D eigenvalue weighted by Gasteiger charge is 2.33. The van der Waals surface area contributed by atoms with Crippen molar-refractivity contribution in [1.82, 2.24) is 5.32 Å². The number of benzene rings is 1. The molecule has 5 nitrogen and oxygen atoms in total. The van der Waals surface area contributed by atoms with Gasteiger partial charge in [0.1, 0.15) is 0 Å². The van der Waals surface area contributed by atoms with Gasteiger partial charge in [-0.25, -0.2) is 0 Å². The molecule has 1 aromatic rings. The summed E-state index contributed by atoms with van der Waals surface area (Å²) in [6, 6.07) is 4.42. The van der Waals surface area contributed by atoms with Gasteiger partial charge in [0.15, 0.2) is 0 Å². The predicted octanol–water partition coefficient (Wildman–Crippen LogP) is 1.63. The highest BCUT2D eigenvalue weighted by molar-refractivity contribution is 5.67. The lowest BCUT2D eigenvalue weighted by Gasteiger charge is -2.42. The molecule has 1 N–H and O–H groups in total. The van der Waals surface area contributed by atoms with Gasteiger partial charge in [0.25, 0.3) is 5.69 Å². The van der Waals surface area contributed by atoms with E-state index < -0.39 is 0 Å². The molecule has 0 amide bonds. The van der Waals surface area contributed by atoms with Crippen molar-refractivity contribution in [3.63, 3.8) is 0 Å². The number of hydrogen-bond acceptors (Lipinski definition) is 4. The summed E-state index contributed by atoms with van der Waals surface area (Å²) in [4.78, 5) is 13.3. The van der Waals surface area contributed by atoms with E-state index in [1.165, 1.54) is 0 Å². The summed E-state index contributed by atoms with van der Waals surface area (Å²) in [6.07, 6.45) is 1.82. The molecule has 18 heavy (non-hydrogen) atoms. The molecule has 0 aromatic heterocycles. The van der Waals surface area contributed by atoms with E-state index >= 15 is 0 Å². The third kappa shape index (κ3) is 1.66. The molecule has 1 atom stereocenters. The van der Waals surface area contributed by atoms with Gasteiger partial charge in [-0.2, -0.15) is 0 Å². The molecule has 1 fully saturated rings. The number of nitro groups is 1. The molecule has 5 heteroatoms. The fourth-order valence-corrected chi connectivity index (χ4v) is 3.16. The molecular weight excluding hydrogens is 230 g/mol. The Bertz CT molecular complexity index is 501. The molecule has 1 saturated heterocycles. The molecule has 0 aliphatic carbocycles. The van der Waals surface area contributed by atoms with E-state index in [0.717, 1.165) is 49.3 Å². The highest BCUT2D eigenvalue weighted by atomic mass is 16.6. The average molecular weight is 247 g/mol. The third-order valence-electron chi connectivity index (χ3n) is 4.03.